The van der Waals surface area contributed by atoms with Crippen molar-refractivity contribution in [3.8, 4) is 11.6 Å². The van der Waals surface area contributed by atoms with E-state index in [1.807, 2.05) is 0 Å². The molecule has 18 heavy (non-hydrogen) atoms. The van der Waals surface area contributed by atoms with E-state index in [2.05, 4.69) is 10.3 Å². The Hall–Kier alpha value is -2.27. The number of hydrogen-bond acceptors (Lipinski definition) is 3. The minimum atomic E-state index is -0.648. The molecule has 5 nitrogen and oxygen atoms in total. The maximum absolute atomic E-state index is 10.7. The Morgan fingerprint density at radius 2 is 2.11 bits per heavy atom. The highest BCUT2D eigenvalue weighted by atomic mass is 35.5. The van der Waals surface area contributed by atoms with Gasteiger partial charge in [-0.1, -0.05) is 23.7 Å². The van der Waals surface area contributed by atoms with Crippen LogP contribution >= 0.6 is 11.6 Å². The molecule has 1 aromatic heterocycles. The van der Waals surface area contributed by atoms with Gasteiger partial charge in [-0.15, -0.1) is 0 Å². The van der Waals surface area contributed by atoms with E-state index in [4.69, 9.17) is 22.1 Å². The van der Waals surface area contributed by atoms with Crippen molar-refractivity contribution in [1.29, 1.82) is 0 Å². The summed E-state index contributed by atoms with van der Waals surface area (Å²) in [7, 11) is 0. The highest BCUT2D eigenvalue weighted by molar-refractivity contribution is 6.32. The van der Waals surface area contributed by atoms with Crippen molar-refractivity contribution in [1.82, 2.24) is 4.98 Å². The van der Waals surface area contributed by atoms with E-state index in [0.717, 1.165) is 0 Å². The van der Waals surface area contributed by atoms with Crippen LogP contribution in [0.5, 0.6) is 11.6 Å². The Bertz CT molecular complexity index is 575. The number of primary amides is 1. The summed E-state index contributed by atoms with van der Waals surface area (Å²) >= 11 is 5.96. The number of nitrogens with two attached hydrogens (primary N) is 1. The normalized spacial score (nSPS) is 9.83. The molecule has 92 valence electrons. The molecule has 0 saturated heterocycles. The second-order valence-electron chi connectivity index (χ2n) is 3.40. The number of carbonyl (C=O) groups excluding carboxylic acids is 1. The number of anilines is 1. The number of carbonyl (C=O) groups is 1. The average molecular weight is 264 g/mol. The van der Waals surface area contributed by atoms with Gasteiger partial charge in [-0.05, 0) is 18.2 Å². The second-order valence-corrected chi connectivity index (χ2v) is 3.81. The number of urea groups is 1. The van der Waals surface area contributed by atoms with Gasteiger partial charge < -0.3 is 15.8 Å². The number of aromatic nitrogens is 1. The Morgan fingerprint density at radius 3 is 2.83 bits per heavy atom. The van der Waals surface area contributed by atoms with E-state index in [1.54, 1.807) is 36.4 Å². The molecule has 1 aromatic carbocycles. The monoisotopic (exact) mass is 263 g/mol. The summed E-state index contributed by atoms with van der Waals surface area (Å²) in [6, 6.07) is 9.53. The van der Waals surface area contributed by atoms with Crippen molar-refractivity contribution >= 4 is 23.3 Å². The van der Waals surface area contributed by atoms with Crippen LogP contribution in [0, 0.1) is 0 Å². The van der Waals surface area contributed by atoms with Gasteiger partial charge in [-0.3, -0.25) is 0 Å². The largest absolute Gasteiger partial charge is 0.437 e. The van der Waals surface area contributed by atoms with Gasteiger partial charge in [0.05, 0.1) is 5.02 Å². The third-order valence-electron chi connectivity index (χ3n) is 2.05. The van der Waals surface area contributed by atoms with Crippen molar-refractivity contribution < 1.29 is 9.53 Å². The van der Waals surface area contributed by atoms with Crippen LogP contribution in [0.2, 0.25) is 5.02 Å². The van der Waals surface area contributed by atoms with Crippen LogP contribution in [0.3, 0.4) is 0 Å². The molecule has 0 fully saturated rings. The zero-order chi connectivity index (χ0) is 13.0. The van der Waals surface area contributed by atoms with Crippen LogP contribution in [0.1, 0.15) is 0 Å². The third-order valence-corrected chi connectivity index (χ3v) is 2.37. The van der Waals surface area contributed by atoms with Crippen LogP contribution in [-0.4, -0.2) is 11.0 Å². The molecule has 3 N–H and O–H groups in total. The number of pyridine rings is 1. The molecule has 2 aromatic rings. The summed E-state index contributed by atoms with van der Waals surface area (Å²) in [5.41, 5.74) is 5.52. The van der Waals surface area contributed by atoms with Crippen molar-refractivity contribution in [3.63, 3.8) is 0 Å². The Kier molecular flexibility index (Phi) is 3.64. The molecular formula is C12H10ClN3O2. The molecule has 0 aliphatic carbocycles. The lowest BCUT2D eigenvalue weighted by molar-refractivity contribution is 0.259. The van der Waals surface area contributed by atoms with E-state index in [-0.39, 0.29) is 0 Å². The smallest absolute Gasteiger partial charge is 0.316 e. The molecule has 0 unspecified atom stereocenters. The number of benzene rings is 1. The van der Waals surface area contributed by atoms with Crippen LogP contribution in [-0.2, 0) is 0 Å². The quantitative estimate of drug-likeness (QED) is 0.893. The lowest BCUT2D eigenvalue weighted by Gasteiger charge is -2.07. The molecule has 0 aliphatic rings. The summed E-state index contributed by atoms with van der Waals surface area (Å²) in [5.74, 6) is 0.803. The zero-order valence-electron chi connectivity index (χ0n) is 9.26. The first-order valence-electron chi connectivity index (χ1n) is 5.10. The standard InChI is InChI=1S/C12H10ClN3O2/c13-9-3-1-2-4-10(9)18-11-7-8(5-6-15-11)16-12(14)17/h1-7H,(H3,14,15,16,17). The summed E-state index contributed by atoms with van der Waals surface area (Å²) < 4.78 is 5.50. The van der Waals surface area contributed by atoms with Crippen molar-refractivity contribution in [2.75, 3.05) is 5.32 Å². The van der Waals surface area contributed by atoms with E-state index < -0.39 is 6.03 Å². The summed E-state index contributed by atoms with van der Waals surface area (Å²) in [4.78, 5) is 14.7. The lowest BCUT2D eigenvalue weighted by Crippen LogP contribution is -2.19. The number of nitrogens with one attached hydrogen (secondary N) is 1. The van der Waals surface area contributed by atoms with Crippen LogP contribution in [0.15, 0.2) is 42.6 Å². The maximum atomic E-state index is 10.7. The predicted octanol–water partition coefficient (Wildman–Crippen LogP) is 3.02. The fourth-order valence-electron chi connectivity index (χ4n) is 1.33. The lowest BCUT2D eigenvalue weighted by atomic mass is 10.3. The predicted molar refractivity (Wildman–Crippen MR) is 69.0 cm³/mol. The Morgan fingerprint density at radius 1 is 1.33 bits per heavy atom. The van der Waals surface area contributed by atoms with E-state index in [1.165, 1.54) is 6.20 Å². The van der Waals surface area contributed by atoms with Crippen LogP contribution < -0.4 is 15.8 Å². The Labute approximate surface area is 109 Å². The van der Waals surface area contributed by atoms with Gasteiger partial charge >= 0.3 is 6.03 Å². The number of hydrogen-bond donors (Lipinski definition) is 2. The number of halogens is 1. The SMILES string of the molecule is NC(=O)Nc1ccnc(Oc2ccccc2Cl)c1. The highest BCUT2D eigenvalue weighted by Gasteiger charge is 2.04. The molecule has 0 bridgehead atoms. The Balaban J connectivity index is 2.19. The molecule has 0 atom stereocenters. The van der Waals surface area contributed by atoms with Crippen LogP contribution in [0.25, 0.3) is 0 Å². The minimum absolute atomic E-state index is 0.314. The number of ether oxygens (including phenoxy) is 1. The van der Waals surface area contributed by atoms with Crippen LogP contribution in [0.4, 0.5) is 10.5 Å². The first kappa shape index (κ1) is 12.2. The van der Waals surface area contributed by atoms with Gasteiger partial charge in [0.1, 0.15) is 5.75 Å². The van der Waals surface area contributed by atoms with Gasteiger partial charge in [-0.25, -0.2) is 9.78 Å². The molecule has 0 radical (unpaired) electrons. The molecule has 6 heteroatoms. The van der Waals surface area contributed by atoms with E-state index in [0.29, 0.717) is 22.3 Å². The first-order chi connectivity index (χ1) is 8.65. The topological polar surface area (TPSA) is 77.2 Å². The molecule has 0 spiro atoms. The van der Waals surface area contributed by atoms with Gasteiger partial charge in [0.2, 0.25) is 5.88 Å². The minimum Gasteiger partial charge on any atom is -0.437 e. The molecule has 2 rings (SSSR count). The van der Waals surface area contributed by atoms with E-state index in [9.17, 15) is 4.79 Å². The van der Waals surface area contributed by atoms with Gasteiger partial charge in [0.25, 0.3) is 0 Å². The van der Waals surface area contributed by atoms with Crippen molar-refractivity contribution in [3.05, 3.63) is 47.6 Å². The second kappa shape index (κ2) is 5.37. The number of amides is 2. The summed E-state index contributed by atoms with van der Waals surface area (Å²) in [6.45, 7) is 0. The van der Waals surface area contributed by atoms with Gasteiger partial charge in [-0.2, -0.15) is 0 Å². The summed E-state index contributed by atoms with van der Waals surface area (Å²) in [5, 5.41) is 2.91. The molecule has 2 amide bonds. The van der Waals surface area contributed by atoms with Crippen molar-refractivity contribution in [2.24, 2.45) is 5.73 Å². The summed E-state index contributed by atoms with van der Waals surface area (Å²) in [6.07, 6.45) is 1.50. The molecule has 0 aliphatic heterocycles. The highest BCUT2D eigenvalue weighted by Crippen LogP contribution is 2.28. The average Bonchev–Trinajstić information content (AvgIpc) is 2.32. The van der Waals surface area contributed by atoms with Gasteiger partial charge in [0, 0.05) is 18.0 Å². The fraction of sp³-hybridized carbons (Fsp3) is 0. The molecule has 0 saturated carbocycles. The van der Waals surface area contributed by atoms with Gasteiger partial charge in [0.15, 0.2) is 0 Å². The van der Waals surface area contributed by atoms with E-state index >= 15 is 0 Å². The third kappa shape index (κ3) is 3.11. The zero-order valence-corrected chi connectivity index (χ0v) is 10.0. The maximum Gasteiger partial charge on any atom is 0.316 e. The molecule has 1 heterocycles. The van der Waals surface area contributed by atoms with Crippen molar-refractivity contribution in [2.45, 2.75) is 0 Å². The molecular weight excluding hydrogens is 254 g/mol. The number of rotatable bonds is 3. The number of nitrogens with zero attached hydrogens (tertiary/aromatic N) is 1. The first-order valence-corrected chi connectivity index (χ1v) is 5.48. The fourth-order valence-corrected chi connectivity index (χ4v) is 1.50. The number of para-hydroxylation sites is 1.